The number of nitrogens with one attached hydrogen (secondary N) is 1. The highest BCUT2D eigenvalue weighted by atomic mass is 16.1. The van der Waals surface area contributed by atoms with E-state index in [9.17, 15) is 4.79 Å². The van der Waals surface area contributed by atoms with E-state index in [0.29, 0.717) is 11.7 Å². The molecule has 1 aliphatic rings. The molecule has 0 saturated carbocycles. The van der Waals surface area contributed by atoms with E-state index in [-0.39, 0.29) is 18.0 Å². The second-order valence-corrected chi connectivity index (χ2v) is 6.16. The van der Waals surface area contributed by atoms with Gasteiger partial charge in [-0.3, -0.25) is 9.36 Å². The highest BCUT2D eigenvalue weighted by Crippen LogP contribution is 2.21. The van der Waals surface area contributed by atoms with Gasteiger partial charge in [0.2, 0.25) is 0 Å². The molecule has 7 heteroatoms. The van der Waals surface area contributed by atoms with Crippen molar-refractivity contribution >= 4 is 11.5 Å². The molecule has 1 N–H and O–H groups in total. The molecule has 2 atom stereocenters. The second-order valence-electron chi connectivity index (χ2n) is 6.16. The number of hydrogen-bond donors (Lipinski definition) is 1. The zero-order valence-electron chi connectivity index (χ0n) is 13.8. The van der Waals surface area contributed by atoms with Crippen LogP contribution in [0.5, 0.6) is 0 Å². The summed E-state index contributed by atoms with van der Waals surface area (Å²) in [5.74, 6) is 0.805. The fourth-order valence-corrected chi connectivity index (χ4v) is 3.10. The third-order valence-electron chi connectivity index (χ3n) is 4.58. The lowest BCUT2D eigenvalue weighted by Crippen LogP contribution is -2.56. The average molecular weight is 314 g/mol. The van der Waals surface area contributed by atoms with Gasteiger partial charge in [-0.1, -0.05) is 6.92 Å². The molecule has 122 valence electrons. The van der Waals surface area contributed by atoms with Gasteiger partial charge in [-0.05, 0) is 13.3 Å². The van der Waals surface area contributed by atoms with Crippen molar-refractivity contribution in [3.63, 3.8) is 0 Å². The van der Waals surface area contributed by atoms with Crippen LogP contribution in [0.3, 0.4) is 0 Å². The van der Waals surface area contributed by atoms with Gasteiger partial charge >= 0.3 is 0 Å². The highest BCUT2D eigenvalue weighted by Gasteiger charge is 2.27. The van der Waals surface area contributed by atoms with Crippen molar-refractivity contribution in [2.24, 2.45) is 7.05 Å². The summed E-state index contributed by atoms with van der Waals surface area (Å²) in [6.07, 6.45) is 1.28. The van der Waals surface area contributed by atoms with E-state index in [0.717, 1.165) is 31.0 Å². The molecule has 0 radical (unpaired) electrons. The Morgan fingerprint density at radius 2 is 2.26 bits per heavy atom. The summed E-state index contributed by atoms with van der Waals surface area (Å²) in [7, 11) is 1.73. The number of nitrogens with zero attached hydrogens (tertiary/aromatic N) is 5. The number of piperazine rings is 1. The molecule has 1 fully saturated rings. The van der Waals surface area contributed by atoms with Crippen molar-refractivity contribution in [1.82, 2.24) is 19.5 Å². The molecule has 1 saturated heterocycles. The van der Waals surface area contributed by atoms with Crippen LogP contribution in [-0.4, -0.2) is 39.4 Å². The smallest absolute Gasteiger partial charge is 0.255 e. The maximum atomic E-state index is 12.3. The van der Waals surface area contributed by atoms with Crippen molar-refractivity contribution in [3.05, 3.63) is 28.2 Å². The predicted molar refractivity (Wildman–Crippen MR) is 88.6 cm³/mol. The molecule has 0 amide bonds. The molecule has 3 rings (SSSR count). The average Bonchev–Trinajstić information content (AvgIpc) is 2.96. The summed E-state index contributed by atoms with van der Waals surface area (Å²) in [6, 6.07) is 6.25. The number of nitriles is 1. The lowest BCUT2D eigenvalue weighted by Gasteiger charge is -2.40. The molecular formula is C16H22N6O. The lowest BCUT2D eigenvalue weighted by molar-refractivity contribution is 0.393. The van der Waals surface area contributed by atoms with E-state index in [1.807, 2.05) is 6.07 Å². The Kier molecular flexibility index (Phi) is 4.09. The molecule has 0 aliphatic carbocycles. The standard InChI is InChI=1S/C16H22N6O/c1-4-12-10-21(11(2)9-18-12)15-8-16(23)20(3)14-7-13(5-6-17)19-22(14)15/h7-8,11-12,18H,4-5,9-10H2,1-3H3/t11-,12+/m0/s1. The van der Waals surface area contributed by atoms with Crippen LogP contribution < -0.4 is 15.8 Å². The molecule has 0 spiro atoms. The minimum Gasteiger partial charge on any atom is -0.351 e. The normalized spacial score (nSPS) is 21.6. The van der Waals surface area contributed by atoms with Gasteiger partial charge < -0.3 is 10.2 Å². The minimum atomic E-state index is -0.0605. The molecule has 23 heavy (non-hydrogen) atoms. The molecule has 7 nitrogen and oxygen atoms in total. The van der Waals surface area contributed by atoms with Gasteiger partial charge in [0.15, 0.2) is 0 Å². The molecule has 0 aromatic carbocycles. The number of rotatable bonds is 3. The first-order valence-electron chi connectivity index (χ1n) is 8.00. The quantitative estimate of drug-likeness (QED) is 0.901. The van der Waals surface area contributed by atoms with Crippen molar-refractivity contribution in [3.8, 4) is 6.07 Å². The van der Waals surface area contributed by atoms with Crippen LogP contribution in [0.15, 0.2) is 16.9 Å². The van der Waals surface area contributed by atoms with E-state index in [4.69, 9.17) is 5.26 Å². The molecular weight excluding hydrogens is 292 g/mol. The van der Waals surface area contributed by atoms with Crippen LogP contribution in [0.4, 0.5) is 5.82 Å². The first kappa shape index (κ1) is 15.6. The summed E-state index contributed by atoms with van der Waals surface area (Å²) in [6.45, 7) is 6.02. The van der Waals surface area contributed by atoms with Gasteiger partial charge in [0.25, 0.3) is 5.56 Å². The largest absolute Gasteiger partial charge is 0.351 e. The third-order valence-corrected chi connectivity index (χ3v) is 4.58. The number of aryl methyl sites for hydroxylation is 1. The zero-order chi connectivity index (χ0) is 16.6. The van der Waals surface area contributed by atoms with Crippen molar-refractivity contribution in [2.45, 2.75) is 38.8 Å². The van der Waals surface area contributed by atoms with E-state index in [1.54, 1.807) is 22.2 Å². The number of anilines is 1. The maximum absolute atomic E-state index is 12.3. The van der Waals surface area contributed by atoms with Gasteiger partial charge in [0.05, 0.1) is 18.2 Å². The molecule has 0 unspecified atom stereocenters. The van der Waals surface area contributed by atoms with E-state index in [1.165, 1.54) is 0 Å². The molecule has 2 aromatic heterocycles. The summed E-state index contributed by atoms with van der Waals surface area (Å²) in [5, 5.41) is 17.0. The fraction of sp³-hybridized carbons (Fsp3) is 0.562. The minimum absolute atomic E-state index is 0.0605. The maximum Gasteiger partial charge on any atom is 0.255 e. The summed E-state index contributed by atoms with van der Waals surface area (Å²) < 4.78 is 3.37. The van der Waals surface area contributed by atoms with Crippen LogP contribution in [0, 0.1) is 11.3 Å². The van der Waals surface area contributed by atoms with Gasteiger partial charge in [-0.15, -0.1) is 0 Å². The topological polar surface area (TPSA) is 78.4 Å². The first-order chi connectivity index (χ1) is 11.0. The SMILES string of the molecule is CC[C@@H]1CN(c2cc(=O)n(C)c3cc(CC#N)nn23)[C@@H](C)CN1. The van der Waals surface area contributed by atoms with Crippen LogP contribution in [0.2, 0.25) is 0 Å². The van der Waals surface area contributed by atoms with E-state index >= 15 is 0 Å². The van der Waals surface area contributed by atoms with Crippen molar-refractivity contribution in [1.29, 1.82) is 5.26 Å². The Labute approximate surface area is 135 Å². The Hall–Kier alpha value is -2.33. The number of fused-ring (bicyclic) bond motifs is 1. The summed E-state index contributed by atoms with van der Waals surface area (Å²) >= 11 is 0. The Balaban J connectivity index is 2.14. The van der Waals surface area contributed by atoms with Crippen LogP contribution >= 0.6 is 0 Å². The van der Waals surface area contributed by atoms with Crippen LogP contribution in [0.1, 0.15) is 26.0 Å². The number of aromatic nitrogens is 3. The zero-order valence-corrected chi connectivity index (χ0v) is 13.8. The van der Waals surface area contributed by atoms with Gasteiger partial charge in [-0.2, -0.15) is 10.4 Å². The Bertz CT molecular complexity index is 814. The Morgan fingerprint density at radius 1 is 1.48 bits per heavy atom. The fourth-order valence-electron chi connectivity index (χ4n) is 3.10. The third kappa shape index (κ3) is 2.70. The monoisotopic (exact) mass is 314 g/mol. The second kappa shape index (κ2) is 6.05. The van der Waals surface area contributed by atoms with E-state index < -0.39 is 0 Å². The van der Waals surface area contributed by atoms with Crippen LogP contribution in [0.25, 0.3) is 5.65 Å². The van der Waals surface area contributed by atoms with Crippen molar-refractivity contribution < 1.29 is 0 Å². The van der Waals surface area contributed by atoms with Gasteiger partial charge in [-0.25, -0.2) is 4.52 Å². The lowest BCUT2D eigenvalue weighted by atomic mass is 10.1. The first-order valence-corrected chi connectivity index (χ1v) is 8.00. The molecule has 2 aromatic rings. The molecule has 1 aliphatic heterocycles. The Morgan fingerprint density at radius 3 is 2.96 bits per heavy atom. The number of hydrogen-bond acceptors (Lipinski definition) is 5. The van der Waals surface area contributed by atoms with Gasteiger partial charge in [0, 0.05) is 44.4 Å². The van der Waals surface area contributed by atoms with Crippen LogP contribution in [-0.2, 0) is 13.5 Å². The van der Waals surface area contributed by atoms with Gasteiger partial charge in [0.1, 0.15) is 11.5 Å². The van der Waals surface area contributed by atoms with Crippen molar-refractivity contribution in [2.75, 3.05) is 18.0 Å². The van der Waals surface area contributed by atoms with E-state index in [2.05, 4.69) is 35.2 Å². The molecule has 0 bridgehead atoms. The molecule has 3 heterocycles. The predicted octanol–water partition coefficient (Wildman–Crippen LogP) is 0.676. The summed E-state index contributed by atoms with van der Waals surface area (Å²) in [4.78, 5) is 14.6. The highest BCUT2D eigenvalue weighted by molar-refractivity contribution is 5.52. The summed E-state index contributed by atoms with van der Waals surface area (Å²) in [5.41, 5.74) is 1.34.